The molecule has 1 aliphatic heterocycles. The third-order valence-electron chi connectivity index (χ3n) is 4.84. The molecule has 0 radical (unpaired) electrons. The molecule has 1 aromatic carbocycles. The van der Waals surface area contributed by atoms with Crippen LogP contribution in [0.3, 0.4) is 0 Å². The summed E-state index contributed by atoms with van der Waals surface area (Å²) in [6, 6.07) is 10.1. The first-order valence-electron chi connectivity index (χ1n) is 9.43. The number of esters is 1. The van der Waals surface area contributed by atoms with Crippen LogP contribution in [-0.2, 0) is 19.7 Å². The van der Waals surface area contributed by atoms with E-state index < -0.39 is 12.0 Å². The van der Waals surface area contributed by atoms with E-state index in [0.717, 1.165) is 5.56 Å². The lowest BCUT2D eigenvalue weighted by atomic mass is 9.86. The van der Waals surface area contributed by atoms with Crippen LogP contribution < -0.4 is 0 Å². The number of carbonyl (C=O) groups is 3. The Morgan fingerprint density at radius 2 is 1.86 bits per heavy atom. The Balaban J connectivity index is 1.62. The van der Waals surface area contributed by atoms with Gasteiger partial charge >= 0.3 is 5.97 Å². The highest BCUT2D eigenvalue weighted by Gasteiger charge is 2.43. The Kier molecular flexibility index (Phi) is 6.17. The maximum atomic E-state index is 12.6. The highest BCUT2D eigenvalue weighted by molar-refractivity contribution is 7.99. The number of hydrogen-bond acceptors (Lipinski definition) is 6. The van der Waals surface area contributed by atoms with Gasteiger partial charge in [-0.2, -0.15) is 0 Å². The molecule has 154 valence electrons. The van der Waals surface area contributed by atoms with Gasteiger partial charge in [-0.15, -0.1) is 11.8 Å². The predicted molar refractivity (Wildman–Crippen MR) is 111 cm³/mol. The number of ether oxygens (including phenoxy) is 1. The van der Waals surface area contributed by atoms with Crippen molar-refractivity contribution in [1.82, 2.24) is 4.90 Å². The fourth-order valence-electron chi connectivity index (χ4n) is 3.20. The van der Waals surface area contributed by atoms with Gasteiger partial charge in [0.05, 0.1) is 6.26 Å². The van der Waals surface area contributed by atoms with E-state index in [9.17, 15) is 14.4 Å². The van der Waals surface area contributed by atoms with Gasteiger partial charge in [0.2, 0.25) is 5.91 Å². The minimum absolute atomic E-state index is 0.00509. The molecule has 2 aromatic rings. The summed E-state index contributed by atoms with van der Waals surface area (Å²) in [6.45, 7) is 7.35. The topological polar surface area (TPSA) is 76.8 Å². The van der Waals surface area contributed by atoms with Gasteiger partial charge in [0, 0.05) is 18.2 Å². The summed E-state index contributed by atoms with van der Waals surface area (Å²) < 4.78 is 10.7. The Morgan fingerprint density at radius 3 is 2.41 bits per heavy atom. The fraction of sp³-hybridized carbons (Fsp3) is 0.409. The smallest absolute Gasteiger partial charge is 0.330 e. The molecule has 0 aliphatic carbocycles. The number of Topliss-reactive ketones (excluding diaryl/α,β-unsaturated/α-hetero) is 1. The molecule has 0 spiro atoms. The molecular formula is C22H25NO5S. The summed E-state index contributed by atoms with van der Waals surface area (Å²) in [7, 11) is 0. The van der Waals surface area contributed by atoms with Crippen LogP contribution in [0.1, 0.15) is 54.8 Å². The van der Waals surface area contributed by atoms with Crippen molar-refractivity contribution in [1.29, 1.82) is 0 Å². The first-order valence-corrected chi connectivity index (χ1v) is 10.5. The summed E-state index contributed by atoms with van der Waals surface area (Å²) in [5, 5.41) is -0.374. The molecule has 1 amide bonds. The average Bonchev–Trinajstić information content (AvgIpc) is 3.34. The lowest BCUT2D eigenvalue weighted by Crippen LogP contribution is -2.43. The number of ketones is 1. The average molecular weight is 416 g/mol. The third-order valence-corrected chi connectivity index (χ3v) is 6.12. The number of carbonyl (C=O) groups excluding carboxylic acids is 3. The molecule has 1 aliphatic rings. The molecular weight excluding hydrogens is 390 g/mol. The van der Waals surface area contributed by atoms with Crippen LogP contribution >= 0.6 is 11.8 Å². The second-order valence-corrected chi connectivity index (χ2v) is 9.11. The fourth-order valence-corrected chi connectivity index (χ4v) is 4.61. The largest absolute Gasteiger partial charge is 0.466 e. The van der Waals surface area contributed by atoms with E-state index in [1.165, 1.54) is 29.8 Å². The maximum absolute atomic E-state index is 12.6. The minimum Gasteiger partial charge on any atom is -0.466 e. The van der Waals surface area contributed by atoms with Crippen LogP contribution in [0.15, 0.2) is 47.1 Å². The first kappa shape index (κ1) is 21.2. The highest BCUT2D eigenvalue weighted by atomic mass is 32.2. The number of furan rings is 1. The Labute approximate surface area is 174 Å². The first-order chi connectivity index (χ1) is 13.7. The third kappa shape index (κ3) is 4.72. The van der Waals surface area contributed by atoms with E-state index in [1.54, 1.807) is 24.3 Å². The van der Waals surface area contributed by atoms with E-state index in [-0.39, 0.29) is 29.1 Å². The molecule has 2 heterocycles. The zero-order valence-electron chi connectivity index (χ0n) is 17.0. The number of rotatable bonds is 5. The minimum atomic E-state index is -0.747. The molecule has 0 bridgehead atoms. The molecule has 0 N–H and O–H groups in total. The molecule has 6 nitrogen and oxygen atoms in total. The number of amides is 1. The second-order valence-electron chi connectivity index (χ2n) is 8.00. The van der Waals surface area contributed by atoms with Crippen molar-refractivity contribution >= 4 is 29.4 Å². The zero-order valence-corrected chi connectivity index (χ0v) is 17.8. The maximum Gasteiger partial charge on any atom is 0.330 e. The van der Waals surface area contributed by atoms with E-state index in [1.807, 2.05) is 12.1 Å². The Morgan fingerprint density at radius 1 is 1.17 bits per heavy atom. The standard InChI is InChI=1S/C22H25NO5S/c1-14(24)23-17(13-29-20(23)19-6-5-11-27-19)21(26)28-12-18(25)15-7-9-16(10-8-15)22(2,3)4/h5-11,17,20H,12-13H2,1-4H3/t17-,20+/m1/s1. The van der Waals surface area contributed by atoms with Crippen LogP contribution in [0.5, 0.6) is 0 Å². The summed E-state index contributed by atoms with van der Waals surface area (Å²) in [5.41, 5.74) is 1.60. The summed E-state index contributed by atoms with van der Waals surface area (Å²) in [5.74, 6) is -0.112. The van der Waals surface area contributed by atoms with Gasteiger partial charge in [-0.1, -0.05) is 45.0 Å². The monoisotopic (exact) mass is 415 g/mol. The van der Waals surface area contributed by atoms with Crippen molar-refractivity contribution in [2.24, 2.45) is 0 Å². The summed E-state index contributed by atoms with van der Waals surface area (Å²) in [6.07, 6.45) is 1.53. The Hall–Kier alpha value is -2.54. The molecule has 0 unspecified atom stereocenters. The zero-order chi connectivity index (χ0) is 21.2. The van der Waals surface area contributed by atoms with Crippen LogP contribution in [0.2, 0.25) is 0 Å². The molecule has 1 aromatic heterocycles. The SMILES string of the molecule is CC(=O)N1[C@@H](C(=O)OCC(=O)c2ccc(C(C)(C)C)cc2)CS[C@H]1c1ccco1. The van der Waals surface area contributed by atoms with E-state index in [4.69, 9.17) is 9.15 Å². The van der Waals surface area contributed by atoms with E-state index in [0.29, 0.717) is 17.1 Å². The van der Waals surface area contributed by atoms with Crippen molar-refractivity contribution in [3.63, 3.8) is 0 Å². The quantitative estimate of drug-likeness (QED) is 0.543. The van der Waals surface area contributed by atoms with Crippen LogP contribution in [0.4, 0.5) is 0 Å². The van der Waals surface area contributed by atoms with Crippen molar-refractivity contribution in [3.05, 3.63) is 59.5 Å². The number of nitrogens with zero attached hydrogens (tertiary/aromatic N) is 1. The van der Waals surface area contributed by atoms with Crippen molar-refractivity contribution in [2.45, 2.75) is 44.5 Å². The van der Waals surface area contributed by atoms with Crippen molar-refractivity contribution < 1.29 is 23.5 Å². The van der Waals surface area contributed by atoms with Gasteiger partial charge in [-0.05, 0) is 23.1 Å². The Bertz CT molecular complexity index is 883. The lowest BCUT2D eigenvalue weighted by Gasteiger charge is -2.25. The second kappa shape index (κ2) is 8.45. The van der Waals surface area contributed by atoms with Crippen molar-refractivity contribution in [2.75, 3.05) is 12.4 Å². The van der Waals surface area contributed by atoms with Crippen molar-refractivity contribution in [3.8, 4) is 0 Å². The van der Waals surface area contributed by atoms with Gasteiger partial charge < -0.3 is 14.1 Å². The van der Waals surface area contributed by atoms with E-state index in [2.05, 4.69) is 20.8 Å². The highest BCUT2D eigenvalue weighted by Crippen LogP contribution is 2.41. The van der Waals surface area contributed by atoms with Crippen LogP contribution in [-0.4, -0.2) is 41.0 Å². The van der Waals surface area contributed by atoms with Gasteiger partial charge in [0.1, 0.15) is 17.2 Å². The number of benzene rings is 1. The van der Waals surface area contributed by atoms with Crippen LogP contribution in [0, 0.1) is 0 Å². The van der Waals surface area contributed by atoms with Gasteiger partial charge in [-0.25, -0.2) is 4.79 Å². The molecule has 1 fully saturated rings. The number of thioether (sulfide) groups is 1. The summed E-state index contributed by atoms with van der Waals surface area (Å²) in [4.78, 5) is 38.6. The van der Waals surface area contributed by atoms with E-state index >= 15 is 0 Å². The molecule has 2 atom stereocenters. The molecule has 29 heavy (non-hydrogen) atoms. The summed E-state index contributed by atoms with van der Waals surface area (Å²) >= 11 is 1.43. The normalized spacial score (nSPS) is 19.2. The predicted octanol–water partition coefficient (Wildman–Crippen LogP) is 3.97. The molecule has 3 rings (SSSR count). The molecule has 0 saturated carbocycles. The van der Waals surface area contributed by atoms with Crippen LogP contribution in [0.25, 0.3) is 0 Å². The molecule has 1 saturated heterocycles. The van der Waals surface area contributed by atoms with Gasteiger partial charge in [0.25, 0.3) is 0 Å². The van der Waals surface area contributed by atoms with Gasteiger partial charge in [0.15, 0.2) is 12.4 Å². The molecule has 7 heteroatoms. The lowest BCUT2D eigenvalue weighted by molar-refractivity contribution is -0.152. The van der Waals surface area contributed by atoms with Gasteiger partial charge in [-0.3, -0.25) is 9.59 Å². The number of hydrogen-bond donors (Lipinski definition) is 0.